The van der Waals surface area contributed by atoms with Crippen molar-refractivity contribution in [3.05, 3.63) is 64.0 Å². The van der Waals surface area contributed by atoms with Crippen molar-refractivity contribution in [1.29, 1.82) is 0 Å². The summed E-state index contributed by atoms with van der Waals surface area (Å²) >= 11 is 7.56. The monoisotopic (exact) mass is 373 g/mol. The summed E-state index contributed by atoms with van der Waals surface area (Å²) in [6.07, 6.45) is 1.38. The van der Waals surface area contributed by atoms with Gasteiger partial charge in [0, 0.05) is 10.1 Å². The van der Waals surface area contributed by atoms with Gasteiger partial charge in [0.15, 0.2) is 0 Å². The highest BCUT2D eigenvalue weighted by atomic mass is 35.5. The number of halogens is 1. The molecule has 0 aliphatic heterocycles. The number of primary amides is 1. The van der Waals surface area contributed by atoms with Gasteiger partial charge in [0.05, 0.1) is 11.2 Å². The molecule has 0 saturated heterocycles. The Morgan fingerprint density at radius 2 is 2.00 bits per heavy atom. The third-order valence-electron chi connectivity index (χ3n) is 3.18. The number of hydrazone groups is 1. The van der Waals surface area contributed by atoms with Gasteiger partial charge in [0.1, 0.15) is 10.6 Å². The summed E-state index contributed by atoms with van der Waals surface area (Å²) in [5, 5.41) is 4.86. The van der Waals surface area contributed by atoms with Gasteiger partial charge in [-0.05, 0) is 23.8 Å². The van der Waals surface area contributed by atoms with E-state index in [4.69, 9.17) is 22.1 Å². The molecule has 1 aromatic heterocycles. The average Bonchev–Trinajstić information content (AvgIpc) is 2.92. The number of hydrogen-bond donors (Lipinski definition) is 2. The van der Waals surface area contributed by atoms with E-state index in [-0.39, 0.29) is 0 Å². The molecule has 0 aliphatic rings. The molecule has 0 spiro atoms. The Hall–Kier alpha value is -2.90. The highest BCUT2D eigenvalue weighted by Gasteiger charge is 2.18. The van der Waals surface area contributed by atoms with Crippen LogP contribution in [0.25, 0.3) is 10.1 Å². The first-order valence-electron chi connectivity index (χ1n) is 7.12. The zero-order valence-corrected chi connectivity index (χ0v) is 14.3. The molecule has 0 radical (unpaired) electrons. The maximum Gasteiger partial charge on any atom is 0.355 e. The number of nitrogens with one attached hydrogen (secondary N) is 1. The summed E-state index contributed by atoms with van der Waals surface area (Å²) in [5.41, 5.74) is 7.63. The lowest BCUT2D eigenvalue weighted by molar-refractivity contribution is 0.0740. The van der Waals surface area contributed by atoms with Crippen molar-refractivity contribution in [2.45, 2.75) is 0 Å². The predicted molar refractivity (Wildman–Crippen MR) is 98.5 cm³/mol. The van der Waals surface area contributed by atoms with Crippen molar-refractivity contribution in [2.24, 2.45) is 10.8 Å². The number of hydrogen-bond acceptors (Lipinski definition) is 5. The Kier molecular flexibility index (Phi) is 4.97. The first-order valence-corrected chi connectivity index (χ1v) is 8.32. The van der Waals surface area contributed by atoms with Crippen LogP contribution in [-0.2, 0) is 0 Å². The van der Waals surface area contributed by atoms with Gasteiger partial charge in [-0.2, -0.15) is 5.10 Å². The lowest BCUT2D eigenvalue weighted by atomic mass is 10.2. The van der Waals surface area contributed by atoms with Crippen LogP contribution in [0.15, 0.2) is 53.6 Å². The number of carbonyl (C=O) groups excluding carboxylic acids is 2. The summed E-state index contributed by atoms with van der Waals surface area (Å²) in [5.74, 6) is -0.197. The third kappa shape index (κ3) is 3.96. The average molecular weight is 374 g/mol. The van der Waals surface area contributed by atoms with E-state index in [1.54, 1.807) is 24.3 Å². The summed E-state index contributed by atoms with van der Waals surface area (Å²) in [6, 6.07) is 13.4. The Morgan fingerprint density at radius 1 is 1.20 bits per heavy atom. The lowest BCUT2D eigenvalue weighted by Crippen LogP contribution is -2.24. The fourth-order valence-corrected chi connectivity index (χ4v) is 3.51. The van der Waals surface area contributed by atoms with Gasteiger partial charge in [-0.15, -0.1) is 11.3 Å². The highest BCUT2D eigenvalue weighted by Crippen LogP contribution is 2.35. The quantitative estimate of drug-likeness (QED) is 0.315. The maximum absolute atomic E-state index is 12.4. The van der Waals surface area contributed by atoms with Gasteiger partial charge in [0.25, 0.3) is 0 Å². The molecule has 6 nitrogen and oxygen atoms in total. The minimum Gasteiger partial charge on any atom is -0.422 e. The van der Waals surface area contributed by atoms with Crippen molar-refractivity contribution < 1.29 is 14.3 Å². The van der Waals surface area contributed by atoms with E-state index in [0.717, 1.165) is 10.1 Å². The van der Waals surface area contributed by atoms with Crippen molar-refractivity contribution in [3.8, 4) is 5.75 Å². The zero-order valence-electron chi connectivity index (χ0n) is 12.7. The molecule has 3 aromatic rings. The molecular weight excluding hydrogens is 362 g/mol. The van der Waals surface area contributed by atoms with Crippen LogP contribution in [0, 0.1) is 0 Å². The highest BCUT2D eigenvalue weighted by molar-refractivity contribution is 7.21. The first kappa shape index (κ1) is 16.9. The van der Waals surface area contributed by atoms with E-state index in [9.17, 15) is 9.59 Å². The Bertz CT molecular complexity index is 984. The predicted octanol–water partition coefficient (Wildman–Crippen LogP) is 3.78. The van der Waals surface area contributed by atoms with Crippen LogP contribution in [0.5, 0.6) is 5.75 Å². The number of ether oxygens (including phenoxy) is 1. The van der Waals surface area contributed by atoms with Gasteiger partial charge in [-0.3, -0.25) is 0 Å². The Labute approximate surface area is 151 Å². The number of esters is 1. The van der Waals surface area contributed by atoms with E-state index in [2.05, 4.69) is 10.5 Å². The van der Waals surface area contributed by atoms with E-state index in [0.29, 0.717) is 21.2 Å². The molecule has 3 rings (SSSR count). The van der Waals surface area contributed by atoms with Gasteiger partial charge >= 0.3 is 12.0 Å². The molecule has 1 heterocycles. The second kappa shape index (κ2) is 7.33. The number of fused-ring (bicyclic) bond motifs is 1. The van der Waals surface area contributed by atoms with Gasteiger partial charge in [0.2, 0.25) is 0 Å². The Morgan fingerprint density at radius 3 is 2.76 bits per heavy atom. The third-order valence-corrected chi connectivity index (χ3v) is 4.83. The molecule has 0 aliphatic carbocycles. The molecule has 0 atom stereocenters. The van der Waals surface area contributed by atoms with Crippen LogP contribution in [0.1, 0.15) is 15.2 Å². The number of amides is 2. The number of benzene rings is 2. The molecule has 25 heavy (non-hydrogen) atoms. The standard InChI is InChI=1S/C17H12ClN3O3S/c18-14-12-6-1-2-7-13(12)25-15(14)16(22)24-11-5-3-4-10(8-11)9-20-21-17(19)23/h1-9H,(H3,19,21,23)/b20-9+. The largest absolute Gasteiger partial charge is 0.422 e. The maximum atomic E-state index is 12.4. The van der Waals surface area contributed by atoms with E-state index in [1.807, 2.05) is 24.3 Å². The van der Waals surface area contributed by atoms with Crippen molar-refractivity contribution >= 4 is 51.2 Å². The lowest BCUT2D eigenvalue weighted by Gasteiger charge is -2.04. The Balaban J connectivity index is 1.79. The van der Waals surface area contributed by atoms with Gasteiger partial charge < -0.3 is 10.5 Å². The van der Waals surface area contributed by atoms with E-state index >= 15 is 0 Å². The smallest absolute Gasteiger partial charge is 0.355 e. The van der Waals surface area contributed by atoms with Gasteiger partial charge in [-0.25, -0.2) is 15.0 Å². The molecular formula is C17H12ClN3O3S. The number of nitrogens with zero attached hydrogens (tertiary/aromatic N) is 1. The van der Waals surface area contributed by atoms with Crippen molar-refractivity contribution in [3.63, 3.8) is 0 Å². The molecule has 126 valence electrons. The minimum absolute atomic E-state index is 0.335. The number of nitrogens with two attached hydrogens (primary N) is 1. The SMILES string of the molecule is NC(=O)N/N=C/c1cccc(OC(=O)c2sc3ccccc3c2Cl)c1. The normalized spacial score (nSPS) is 10.9. The van der Waals surface area contributed by atoms with Crippen LogP contribution in [0.3, 0.4) is 0 Å². The second-order valence-corrected chi connectivity index (χ2v) is 6.37. The second-order valence-electron chi connectivity index (χ2n) is 4.94. The molecule has 0 saturated carbocycles. The zero-order chi connectivity index (χ0) is 17.8. The molecule has 2 amide bonds. The molecule has 3 N–H and O–H groups in total. The van der Waals surface area contributed by atoms with Crippen molar-refractivity contribution in [2.75, 3.05) is 0 Å². The fraction of sp³-hybridized carbons (Fsp3) is 0. The van der Waals surface area contributed by atoms with E-state index in [1.165, 1.54) is 17.6 Å². The van der Waals surface area contributed by atoms with Gasteiger partial charge in [-0.1, -0.05) is 41.9 Å². The summed E-state index contributed by atoms with van der Waals surface area (Å²) in [6.45, 7) is 0. The number of thiophene rings is 1. The van der Waals surface area contributed by atoms with Crippen LogP contribution >= 0.6 is 22.9 Å². The van der Waals surface area contributed by atoms with E-state index < -0.39 is 12.0 Å². The molecule has 0 unspecified atom stereocenters. The number of urea groups is 1. The molecule has 0 fully saturated rings. The molecule has 0 bridgehead atoms. The molecule has 2 aromatic carbocycles. The minimum atomic E-state index is -0.766. The van der Waals surface area contributed by atoms with Crippen LogP contribution in [0.4, 0.5) is 4.79 Å². The summed E-state index contributed by atoms with van der Waals surface area (Å²) < 4.78 is 6.31. The summed E-state index contributed by atoms with van der Waals surface area (Å²) in [4.78, 5) is 23.3. The van der Waals surface area contributed by atoms with Crippen LogP contribution < -0.4 is 15.9 Å². The number of carbonyl (C=O) groups is 2. The first-order chi connectivity index (χ1) is 12.0. The topological polar surface area (TPSA) is 93.8 Å². The van der Waals surface area contributed by atoms with Crippen LogP contribution in [0.2, 0.25) is 5.02 Å². The van der Waals surface area contributed by atoms with Crippen molar-refractivity contribution in [1.82, 2.24) is 5.43 Å². The van der Waals surface area contributed by atoms with Crippen LogP contribution in [-0.4, -0.2) is 18.2 Å². The number of rotatable bonds is 4. The molecule has 8 heteroatoms. The summed E-state index contributed by atoms with van der Waals surface area (Å²) in [7, 11) is 0. The fourth-order valence-electron chi connectivity index (χ4n) is 2.13.